The van der Waals surface area contributed by atoms with Gasteiger partial charge in [0.2, 0.25) is 0 Å². The molecule has 0 spiro atoms. The Kier molecular flexibility index (Phi) is 6.51. The molecular formula is C19H22N2O4. The lowest BCUT2D eigenvalue weighted by Crippen LogP contribution is -2.41. The minimum absolute atomic E-state index is 0.0370. The summed E-state index contributed by atoms with van der Waals surface area (Å²) in [6.07, 6.45) is 3.14. The van der Waals surface area contributed by atoms with Crippen molar-refractivity contribution in [2.75, 3.05) is 0 Å². The minimum atomic E-state index is -0.911. The van der Waals surface area contributed by atoms with E-state index in [0.717, 1.165) is 12.8 Å². The van der Waals surface area contributed by atoms with E-state index in [2.05, 4.69) is 5.32 Å². The zero-order valence-corrected chi connectivity index (χ0v) is 14.3. The molecule has 0 bridgehead atoms. The zero-order chi connectivity index (χ0) is 18.2. The summed E-state index contributed by atoms with van der Waals surface area (Å²) < 4.78 is 5.71. The van der Waals surface area contributed by atoms with Gasteiger partial charge in [0.25, 0.3) is 5.91 Å². The molecule has 0 radical (unpaired) electrons. The van der Waals surface area contributed by atoms with E-state index in [1.807, 2.05) is 37.3 Å². The van der Waals surface area contributed by atoms with Crippen molar-refractivity contribution in [2.24, 2.45) is 0 Å². The second kappa shape index (κ2) is 8.82. The molecule has 2 atom stereocenters. The summed E-state index contributed by atoms with van der Waals surface area (Å²) >= 11 is 0. The number of benzene rings is 1. The summed E-state index contributed by atoms with van der Waals surface area (Å²) in [5.41, 5.74) is 1.44. The monoisotopic (exact) mass is 342 g/mol. The van der Waals surface area contributed by atoms with E-state index in [9.17, 15) is 14.8 Å². The van der Waals surface area contributed by atoms with Gasteiger partial charge < -0.3 is 15.3 Å². The Morgan fingerprint density at radius 1 is 1.12 bits per heavy atom. The van der Waals surface area contributed by atoms with Gasteiger partial charge in [-0.2, -0.15) is 4.73 Å². The van der Waals surface area contributed by atoms with Crippen molar-refractivity contribution in [3.8, 4) is 0 Å². The van der Waals surface area contributed by atoms with Crippen LogP contribution in [-0.4, -0.2) is 24.0 Å². The molecule has 0 fully saturated rings. The van der Waals surface area contributed by atoms with Crippen molar-refractivity contribution in [3.05, 3.63) is 71.2 Å². The number of nitrogens with zero attached hydrogens (tertiary/aromatic N) is 1. The second-order valence-corrected chi connectivity index (χ2v) is 5.93. The van der Waals surface area contributed by atoms with Crippen LogP contribution in [0.5, 0.6) is 0 Å². The molecular weight excluding hydrogens is 320 g/mol. The molecule has 2 aromatic rings. The second-order valence-electron chi connectivity index (χ2n) is 5.93. The highest BCUT2D eigenvalue weighted by atomic mass is 16.5. The molecule has 0 aliphatic heterocycles. The van der Waals surface area contributed by atoms with Gasteiger partial charge >= 0.3 is 5.97 Å². The van der Waals surface area contributed by atoms with Gasteiger partial charge in [-0.15, -0.1) is 0 Å². The van der Waals surface area contributed by atoms with Gasteiger partial charge in [0.1, 0.15) is 0 Å². The Labute approximate surface area is 147 Å². The van der Waals surface area contributed by atoms with Gasteiger partial charge in [0.15, 0.2) is 18.5 Å². The van der Waals surface area contributed by atoms with Crippen LogP contribution in [0.4, 0.5) is 0 Å². The number of amides is 1. The van der Waals surface area contributed by atoms with E-state index in [-0.39, 0.29) is 17.5 Å². The largest absolute Gasteiger partial charge is 0.619 e. The third kappa shape index (κ3) is 5.91. The van der Waals surface area contributed by atoms with Gasteiger partial charge in [0, 0.05) is 18.2 Å². The molecule has 0 unspecified atom stereocenters. The molecule has 2 rings (SSSR count). The van der Waals surface area contributed by atoms with Crippen LogP contribution in [-0.2, 0) is 16.0 Å². The number of hydrogen-bond acceptors (Lipinski definition) is 4. The predicted octanol–water partition coefficient (Wildman–Crippen LogP) is 2.00. The minimum Gasteiger partial charge on any atom is -0.619 e. The summed E-state index contributed by atoms with van der Waals surface area (Å²) in [7, 11) is 0. The number of nitrogens with one attached hydrogen (secondary N) is 1. The van der Waals surface area contributed by atoms with Crippen LogP contribution >= 0.6 is 0 Å². The zero-order valence-electron chi connectivity index (χ0n) is 14.3. The van der Waals surface area contributed by atoms with Crippen molar-refractivity contribution < 1.29 is 19.1 Å². The highest BCUT2D eigenvalue weighted by molar-refractivity contribution is 5.92. The quantitative estimate of drug-likeness (QED) is 0.474. The molecule has 1 aromatic heterocycles. The van der Waals surface area contributed by atoms with Crippen LogP contribution in [0.2, 0.25) is 0 Å². The maximum absolute atomic E-state index is 12.1. The third-order valence-electron chi connectivity index (χ3n) is 3.79. The van der Waals surface area contributed by atoms with E-state index in [1.165, 1.54) is 37.0 Å². The number of aryl methyl sites for hydroxylation is 1. The Balaban J connectivity index is 1.79. The summed E-state index contributed by atoms with van der Waals surface area (Å²) in [5.74, 6) is -0.982. The van der Waals surface area contributed by atoms with Crippen molar-refractivity contribution in [3.63, 3.8) is 0 Å². The van der Waals surface area contributed by atoms with E-state index in [4.69, 9.17) is 4.74 Å². The van der Waals surface area contributed by atoms with Crippen LogP contribution in [0.25, 0.3) is 0 Å². The molecule has 0 saturated heterocycles. The Hall–Kier alpha value is -2.89. The number of esters is 1. The average molecular weight is 342 g/mol. The molecule has 1 N–H and O–H groups in total. The lowest BCUT2D eigenvalue weighted by molar-refractivity contribution is -0.605. The normalized spacial score (nSPS) is 12.9. The van der Waals surface area contributed by atoms with Crippen molar-refractivity contribution in [1.29, 1.82) is 0 Å². The summed E-state index contributed by atoms with van der Waals surface area (Å²) in [4.78, 5) is 24.1. The summed E-state index contributed by atoms with van der Waals surface area (Å²) in [6, 6.07) is 12.7. The fourth-order valence-electron chi connectivity index (χ4n) is 2.29. The van der Waals surface area contributed by atoms with Crippen LogP contribution in [0.3, 0.4) is 0 Å². The number of rotatable bonds is 7. The maximum atomic E-state index is 12.1. The molecule has 0 saturated carbocycles. The van der Waals surface area contributed by atoms with Crippen molar-refractivity contribution in [2.45, 2.75) is 38.8 Å². The van der Waals surface area contributed by atoms with Crippen molar-refractivity contribution in [1.82, 2.24) is 5.32 Å². The summed E-state index contributed by atoms with van der Waals surface area (Å²) in [5, 5.41) is 13.8. The lowest BCUT2D eigenvalue weighted by atomic mass is 10.1. The standard InChI is InChI=1S/C19H22N2O4/c1-14(8-9-16-6-4-3-5-7-16)20-18(22)15(2)25-19(23)17-10-12-21(24)13-11-17/h3-7,10-15H,8-9H2,1-2H3,(H,20,22)/t14-,15-/m0/s1. The molecule has 0 aliphatic rings. The molecule has 1 heterocycles. The van der Waals surface area contributed by atoms with E-state index in [0.29, 0.717) is 4.73 Å². The molecule has 6 nitrogen and oxygen atoms in total. The molecule has 25 heavy (non-hydrogen) atoms. The van der Waals surface area contributed by atoms with Crippen LogP contribution in [0, 0.1) is 5.21 Å². The average Bonchev–Trinajstić information content (AvgIpc) is 2.61. The van der Waals surface area contributed by atoms with Crippen LogP contribution in [0.15, 0.2) is 54.9 Å². The van der Waals surface area contributed by atoms with E-state index >= 15 is 0 Å². The first-order chi connectivity index (χ1) is 12.0. The highest BCUT2D eigenvalue weighted by Crippen LogP contribution is 2.06. The van der Waals surface area contributed by atoms with E-state index in [1.54, 1.807) is 0 Å². The molecule has 6 heteroatoms. The maximum Gasteiger partial charge on any atom is 0.339 e. The first kappa shape index (κ1) is 18.4. The topological polar surface area (TPSA) is 82.3 Å². The fraction of sp³-hybridized carbons (Fsp3) is 0.316. The van der Waals surface area contributed by atoms with Crippen LogP contribution in [0.1, 0.15) is 36.2 Å². The Morgan fingerprint density at radius 2 is 1.76 bits per heavy atom. The van der Waals surface area contributed by atoms with E-state index < -0.39 is 12.1 Å². The lowest BCUT2D eigenvalue weighted by Gasteiger charge is -2.18. The number of pyridine rings is 1. The van der Waals surface area contributed by atoms with Gasteiger partial charge in [-0.1, -0.05) is 30.3 Å². The number of hydrogen-bond donors (Lipinski definition) is 1. The molecule has 1 aromatic carbocycles. The Bertz CT molecular complexity index is 701. The first-order valence-electron chi connectivity index (χ1n) is 8.20. The molecule has 1 amide bonds. The number of carbonyl (C=O) groups is 2. The van der Waals surface area contributed by atoms with Gasteiger partial charge in [-0.3, -0.25) is 4.79 Å². The number of carbonyl (C=O) groups excluding carboxylic acids is 2. The SMILES string of the molecule is C[C@H](OC(=O)c1cc[n+]([O-])cc1)C(=O)N[C@@H](C)CCc1ccccc1. The molecule has 0 aliphatic carbocycles. The fourth-order valence-corrected chi connectivity index (χ4v) is 2.29. The summed E-state index contributed by atoms with van der Waals surface area (Å²) in [6.45, 7) is 3.44. The van der Waals surface area contributed by atoms with Gasteiger partial charge in [-0.05, 0) is 32.3 Å². The smallest absolute Gasteiger partial charge is 0.339 e. The van der Waals surface area contributed by atoms with Crippen LogP contribution < -0.4 is 10.0 Å². The van der Waals surface area contributed by atoms with Gasteiger partial charge in [0.05, 0.1) is 5.56 Å². The number of aromatic nitrogens is 1. The van der Waals surface area contributed by atoms with Gasteiger partial charge in [-0.25, -0.2) is 4.79 Å². The third-order valence-corrected chi connectivity index (χ3v) is 3.79. The predicted molar refractivity (Wildman–Crippen MR) is 92.6 cm³/mol. The molecule has 132 valence electrons. The Morgan fingerprint density at radius 3 is 2.40 bits per heavy atom. The number of ether oxygens (including phenoxy) is 1. The van der Waals surface area contributed by atoms with Crippen molar-refractivity contribution >= 4 is 11.9 Å². The first-order valence-corrected chi connectivity index (χ1v) is 8.20. The highest BCUT2D eigenvalue weighted by Gasteiger charge is 2.20.